The maximum Gasteiger partial charge on any atom is 0.213 e. The molecule has 0 aliphatic rings. The zero-order valence-electron chi connectivity index (χ0n) is 10.2. The Morgan fingerprint density at radius 3 is 2.94 bits per heavy atom. The number of ether oxygens (including phenoxy) is 1. The molecule has 1 N–H and O–H groups in total. The lowest BCUT2D eigenvalue weighted by atomic mass is 10.1. The summed E-state index contributed by atoms with van der Waals surface area (Å²) in [5.74, 6) is 1.09. The van der Waals surface area contributed by atoms with Crippen LogP contribution in [0, 0.1) is 0 Å². The Morgan fingerprint density at radius 2 is 2.33 bits per heavy atom. The van der Waals surface area contributed by atoms with E-state index in [2.05, 4.69) is 26.9 Å². The minimum absolute atomic E-state index is 0.233. The van der Waals surface area contributed by atoms with E-state index in [9.17, 15) is 0 Å². The number of rotatable bonds is 5. The first-order valence-corrected chi connectivity index (χ1v) is 5.93. The molecule has 0 saturated carbocycles. The first kappa shape index (κ1) is 12.9. The largest absolute Gasteiger partial charge is 0.484 e. The zero-order chi connectivity index (χ0) is 13.0. The van der Waals surface area contributed by atoms with E-state index in [0.29, 0.717) is 16.6 Å². The Balaban J connectivity index is 2.05. The van der Waals surface area contributed by atoms with Gasteiger partial charge in [-0.15, -0.1) is 0 Å². The van der Waals surface area contributed by atoms with E-state index in [1.165, 1.54) is 6.39 Å². The molecule has 5 nitrogen and oxygen atoms in total. The average molecular weight is 268 g/mol. The molecule has 0 aliphatic carbocycles. The first-order chi connectivity index (χ1) is 8.70. The third-order valence-electron chi connectivity index (χ3n) is 2.65. The summed E-state index contributed by atoms with van der Waals surface area (Å²) in [7, 11) is 1.90. The topological polar surface area (TPSA) is 60.2 Å². The molecule has 2 rings (SSSR count). The highest BCUT2D eigenvalue weighted by atomic mass is 35.5. The van der Waals surface area contributed by atoms with Gasteiger partial charge < -0.3 is 14.6 Å². The third kappa shape index (κ3) is 3.00. The summed E-state index contributed by atoms with van der Waals surface area (Å²) in [5, 5.41) is 7.37. The highest BCUT2D eigenvalue weighted by molar-refractivity contribution is 6.32. The fraction of sp³-hybridized carbons (Fsp3) is 0.333. The average Bonchev–Trinajstić information content (AvgIpc) is 2.89. The van der Waals surface area contributed by atoms with Crippen LogP contribution in [-0.2, 0) is 6.61 Å². The molecule has 0 radical (unpaired) electrons. The van der Waals surface area contributed by atoms with Gasteiger partial charge in [-0.05, 0) is 31.7 Å². The van der Waals surface area contributed by atoms with Gasteiger partial charge in [-0.1, -0.05) is 22.8 Å². The van der Waals surface area contributed by atoms with Crippen molar-refractivity contribution in [2.45, 2.75) is 19.6 Å². The highest BCUT2D eigenvalue weighted by Crippen LogP contribution is 2.28. The SMILES string of the molecule is CNC(C)c1ccc(OCc2ncon2)c(Cl)c1. The van der Waals surface area contributed by atoms with Crippen LogP contribution in [-0.4, -0.2) is 17.2 Å². The van der Waals surface area contributed by atoms with Crippen LogP contribution in [0.4, 0.5) is 0 Å². The van der Waals surface area contributed by atoms with Gasteiger partial charge in [-0.25, -0.2) is 0 Å². The smallest absolute Gasteiger partial charge is 0.213 e. The Bertz CT molecular complexity index is 502. The minimum Gasteiger partial charge on any atom is -0.484 e. The summed E-state index contributed by atoms with van der Waals surface area (Å²) >= 11 is 6.15. The second-order valence-electron chi connectivity index (χ2n) is 3.84. The van der Waals surface area contributed by atoms with E-state index >= 15 is 0 Å². The molecule has 0 fully saturated rings. The molecule has 96 valence electrons. The summed E-state index contributed by atoms with van der Waals surface area (Å²) in [5.41, 5.74) is 1.11. The molecule has 1 atom stereocenters. The Kier molecular flexibility index (Phi) is 4.17. The van der Waals surface area contributed by atoms with Gasteiger partial charge in [-0.3, -0.25) is 0 Å². The maximum atomic E-state index is 6.15. The molecule has 0 amide bonds. The van der Waals surface area contributed by atoms with Gasteiger partial charge in [-0.2, -0.15) is 4.98 Å². The van der Waals surface area contributed by atoms with Crippen LogP contribution in [0.3, 0.4) is 0 Å². The highest BCUT2D eigenvalue weighted by Gasteiger charge is 2.08. The number of hydrogen-bond acceptors (Lipinski definition) is 5. The summed E-state index contributed by atoms with van der Waals surface area (Å²) in [6.45, 7) is 2.29. The van der Waals surface area contributed by atoms with Crippen molar-refractivity contribution in [3.05, 3.63) is 41.0 Å². The Morgan fingerprint density at radius 1 is 1.50 bits per heavy atom. The summed E-state index contributed by atoms with van der Waals surface area (Å²) < 4.78 is 10.1. The number of benzene rings is 1. The van der Waals surface area contributed by atoms with Crippen molar-refractivity contribution in [1.82, 2.24) is 15.5 Å². The molecule has 0 bridgehead atoms. The molecular formula is C12H14ClN3O2. The van der Waals surface area contributed by atoms with Gasteiger partial charge in [0.1, 0.15) is 5.75 Å². The maximum absolute atomic E-state index is 6.15. The van der Waals surface area contributed by atoms with Crippen LogP contribution in [0.5, 0.6) is 5.75 Å². The molecule has 2 aromatic rings. The summed E-state index contributed by atoms with van der Waals surface area (Å²) in [6.07, 6.45) is 1.26. The lowest BCUT2D eigenvalue weighted by Crippen LogP contribution is -2.12. The first-order valence-electron chi connectivity index (χ1n) is 5.55. The molecule has 1 aromatic carbocycles. The Labute approximate surface area is 110 Å². The number of nitrogens with one attached hydrogen (secondary N) is 1. The molecule has 1 unspecified atom stereocenters. The van der Waals surface area contributed by atoms with Crippen molar-refractivity contribution in [3.8, 4) is 5.75 Å². The molecule has 18 heavy (non-hydrogen) atoms. The van der Waals surface area contributed by atoms with Crippen molar-refractivity contribution in [2.24, 2.45) is 0 Å². The molecule has 0 aliphatic heterocycles. The van der Waals surface area contributed by atoms with E-state index in [1.54, 1.807) is 0 Å². The van der Waals surface area contributed by atoms with E-state index in [0.717, 1.165) is 5.56 Å². The van der Waals surface area contributed by atoms with Crippen molar-refractivity contribution in [3.63, 3.8) is 0 Å². The van der Waals surface area contributed by atoms with Crippen LogP contribution in [0.15, 0.2) is 29.1 Å². The van der Waals surface area contributed by atoms with E-state index in [-0.39, 0.29) is 12.6 Å². The van der Waals surface area contributed by atoms with Crippen molar-refractivity contribution < 1.29 is 9.26 Å². The Hall–Kier alpha value is -1.59. The van der Waals surface area contributed by atoms with Gasteiger partial charge in [0.2, 0.25) is 12.2 Å². The lowest BCUT2D eigenvalue weighted by Gasteiger charge is -2.12. The molecular weight excluding hydrogens is 254 g/mol. The van der Waals surface area contributed by atoms with Crippen molar-refractivity contribution in [2.75, 3.05) is 7.05 Å². The fourth-order valence-corrected chi connectivity index (χ4v) is 1.71. The summed E-state index contributed by atoms with van der Waals surface area (Å²) in [6, 6.07) is 5.94. The van der Waals surface area contributed by atoms with Gasteiger partial charge >= 0.3 is 0 Å². The van der Waals surface area contributed by atoms with E-state index < -0.39 is 0 Å². The van der Waals surface area contributed by atoms with Gasteiger partial charge in [0.05, 0.1) is 5.02 Å². The second-order valence-corrected chi connectivity index (χ2v) is 4.24. The number of aromatic nitrogens is 2. The number of hydrogen-bond donors (Lipinski definition) is 1. The third-order valence-corrected chi connectivity index (χ3v) is 2.95. The van der Waals surface area contributed by atoms with Gasteiger partial charge in [0.25, 0.3) is 0 Å². The van der Waals surface area contributed by atoms with Crippen LogP contribution in [0.1, 0.15) is 24.4 Å². The van der Waals surface area contributed by atoms with Crippen LogP contribution >= 0.6 is 11.6 Å². The quantitative estimate of drug-likeness (QED) is 0.902. The van der Waals surface area contributed by atoms with Gasteiger partial charge in [0.15, 0.2) is 6.61 Å². The fourth-order valence-electron chi connectivity index (χ4n) is 1.47. The normalized spacial score (nSPS) is 12.4. The standard InChI is InChI=1S/C12H14ClN3O2/c1-8(14-2)9-3-4-11(10(13)5-9)17-6-12-15-7-18-16-12/h3-5,7-8,14H,6H2,1-2H3. The molecule has 0 spiro atoms. The van der Waals surface area contributed by atoms with Gasteiger partial charge in [0, 0.05) is 6.04 Å². The van der Waals surface area contributed by atoms with E-state index in [4.69, 9.17) is 16.3 Å². The second kappa shape index (κ2) is 5.84. The van der Waals surface area contributed by atoms with Crippen LogP contribution in [0.25, 0.3) is 0 Å². The van der Waals surface area contributed by atoms with Crippen molar-refractivity contribution in [1.29, 1.82) is 0 Å². The van der Waals surface area contributed by atoms with Crippen LogP contribution < -0.4 is 10.1 Å². The monoisotopic (exact) mass is 267 g/mol. The molecule has 1 aromatic heterocycles. The zero-order valence-corrected chi connectivity index (χ0v) is 10.9. The predicted molar refractivity (Wildman–Crippen MR) is 67.6 cm³/mol. The lowest BCUT2D eigenvalue weighted by molar-refractivity contribution is 0.286. The molecule has 1 heterocycles. The summed E-state index contributed by atoms with van der Waals surface area (Å²) in [4.78, 5) is 3.86. The minimum atomic E-state index is 0.233. The number of halogens is 1. The van der Waals surface area contributed by atoms with E-state index in [1.807, 2.05) is 25.2 Å². The molecule has 0 saturated heterocycles. The van der Waals surface area contributed by atoms with Crippen molar-refractivity contribution >= 4 is 11.6 Å². The van der Waals surface area contributed by atoms with Crippen LogP contribution in [0.2, 0.25) is 5.02 Å². The number of nitrogens with zero attached hydrogens (tertiary/aromatic N) is 2. The predicted octanol–water partition coefficient (Wildman–Crippen LogP) is 2.58. The molecule has 6 heteroatoms.